The van der Waals surface area contributed by atoms with E-state index in [1.165, 1.54) is 0 Å². The van der Waals surface area contributed by atoms with Gasteiger partial charge in [-0.2, -0.15) is 5.10 Å². The normalized spacial score (nSPS) is 26.3. The molecule has 3 aromatic rings. The minimum atomic E-state index is -1.29. The fraction of sp³-hybridized carbons (Fsp3) is 0.464. The molecule has 188 valence electrons. The van der Waals surface area contributed by atoms with Gasteiger partial charge in [0.25, 0.3) is 0 Å². The van der Waals surface area contributed by atoms with Crippen molar-refractivity contribution in [2.24, 2.45) is 11.8 Å². The van der Waals surface area contributed by atoms with Gasteiger partial charge in [0.05, 0.1) is 11.2 Å². The van der Waals surface area contributed by atoms with E-state index >= 15 is 4.39 Å². The highest BCUT2D eigenvalue weighted by Gasteiger charge is 2.46. The molecule has 8 heteroatoms. The van der Waals surface area contributed by atoms with Gasteiger partial charge in [-0.1, -0.05) is 24.3 Å². The van der Waals surface area contributed by atoms with Gasteiger partial charge < -0.3 is 20.5 Å². The standard InChI is InChI=1S/C28H33FN6O/c1-19(30)23-16-24(23)27(36)34-13-11-33(12-14-34)25-7-10-32-35-17-21(15-26(25)35)20-3-5-22(6-4-20)28(29)8-2-9-31-18-28/h3-7,10,15,17,23-24,30-31H,2,8-9,11-14,16,18H2,1H3/t23-,24+,28?/m1/s1. The van der Waals surface area contributed by atoms with Gasteiger partial charge in [-0.05, 0) is 56.0 Å². The average Bonchev–Trinajstić information content (AvgIpc) is 3.60. The van der Waals surface area contributed by atoms with Gasteiger partial charge in [0.15, 0.2) is 0 Å². The van der Waals surface area contributed by atoms with Crippen molar-refractivity contribution in [1.29, 1.82) is 5.41 Å². The molecule has 0 spiro atoms. The first-order valence-electron chi connectivity index (χ1n) is 13.0. The van der Waals surface area contributed by atoms with E-state index in [1.807, 2.05) is 52.1 Å². The number of aromatic nitrogens is 2. The van der Waals surface area contributed by atoms with Crippen molar-refractivity contribution >= 4 is 22.8 Å². The number of alkyl halides is 1. The van der Waals surface area contributed by atoms with E-state index in [-0.39, 0.29) is 17.7 Å². The maximum absolute atomic E-state index is 15.3. The second-order valence-corrected chi connectivity index (χ2v) is 10.5. The lowest BCUT2D eigenvalue weighted by atomic mass is 9.87. The molecule has 3 fully saturated rings. The van der Waals surface area contributed by atoms with Crippen LogP contribution in [0.3, 0.4) is 0 Å². The molecule has 1 aromatic carbocycles. The number of carbonyl (C=O) groups is 1. The number of piperidine rings is 1. The highest BCUT2D eigenvalue weighted by atomic mass is 19.1. The number of benzene rings is 1. The molecule has 1 saturated carbocycles. The van der Waals surface area contributed by atoms with Crippen LogP contribution in [0, 0.1) is 17.2 Å². The minimum Gasteiger partial charge on any atom is -0.366 e. The number of nitrogens with one attached hydrogen (secondary N) is 2. The molecule has 4 heterocycles. The summed E-state index contributed by atoms with van der Waals surface area (Å²) in [7, 11) is 0. The third-order valence-electron chi connectivity index (χ3n) is 8.15. The molecule has 6 rings (SSSR count). The number of rotatable bonds is 5. The molecular weight excluding hydrogens is 455 g/mol. The molecule has 2 aliphatic heterocycles. The number of hydrogen-bond acceptors (Lipinski definition) is 5. The lowest BCUT2D eigenvalue weighted by molar-refractivity contribution is -0.133. The van der Waals surface area contributed by atoms with Gasteiger partial charge in [0, 0.05) is 68.2 Å². The van der Waals surface area contributed by atoms with Crippen LogP contribution in [0.1, 0.15) is 31.7 Å². The van der Waals surface area contributed by atoms with E-state index in [9.17, 15) is 4.79 Å². The summed E-state index contributed by atoms with van der Waals surface area (Å²) in [4.78, 5) is 17.1. The number of amides is 1. The van der Waals surface area contributed by atoms with Crippen LogP contribution in [0.25, 0.3) is 16.6 Å². The first kappa shape index (κ1) is 23.2. The monoisotopic (exact) mass is 488 g/mol. The summed E-state index contributed by atoms with van der Waals surface area (Å²) in [5.41, 5.74) is 4.29. The van der Waals surface area contributed by atoms with Crippen molar-refractivity contribution in [3.05, 3.63) is 54.4 Å². The van der Waals surface area contributed by atoms with Crippen molar-refractivity contribution in [2.45, 2.75) is 31.9 Å². The van der Waals surface area contributed by atoms with Gasteiger partial charge in [0.1, 0.15) is 5.67 Å². The molecular formula is C28H33FN6O. The number of carbonyl (C=O) groups excluding carboxylic acids is 1. The van der Waals surface area contributed by atoms with Gasteiger partial charge in [0.2, 0.25) is 5.91 Å². The van der Waals surface area contributed by atoms with Crippen molar-refractivity contribution in [2.75, 3.05) is 44.2 Å². The molecule has 2 saturated heterocycles. The molecule has 2 aromatic heterocycles. The fourth-order valence-corrected chi connectivity index (χ4v) is 5.85. The summed E-state index contributed by atoms with van der Waals surface area (Å²) in [5.74, 6) is 0.375. The third kappa shape index (κ3) is 4.17. The Balaban J connectivity index is 1.17. The molecule has 7 nitrogen and oxygen atoms in total. The quantitative estimate of drug-likeness (QED) is 0.535. The number of fused-ring (bicyclic) bond motifs is 1. The summed E-state index contributed by atoms with van der Waals surface area (Å²) >= 11 is 0. The van der Waals surface area contributed by atoms with E-state index in [2.05, 4.69) is 21.4 Å². The zero-order valence-corrected chi connectivity index (χ0v) is 20.7. The predicted molar refractivity (Wildman–Crippen MR) is 139 cm³/mol. The van der Waals surface area contributed by atoms with Crippen LogP contribution in [0.15, 0.2) is 48.8 Å². The second kappa shape index (κ2) is 9.00. The molecule has 1 amide bonds. The molecule has 3 aliphatic rings. The van der Waals surface area contributed by atoms with Crippen molar-refractivity contribution in [3.8, 4) is 11.1 Å². The first-order chi connectivity index (χ1) is 17.4. The van der Waals surface area contributed by atoms with E-state index in [0.717, 1.165) is 60.4 Å². The van der Waals surface area contributed by atoms with E-state index in [1.54, 1.807) is 6.92 Å². The Bertz CT molecular complexity index is 1290. The van der Waals surface area contributed by atoms with E-state index in [4.69, 9.17) is 5.41 Å². The van der Waals surface area contributed by atoms with Gasteiger partial charge in [-0.15, -0.1) is 0 Å². The molecule has 2 N–H and O–H groups in total. The Hall–Kier alpha value is -3.26. The van der Waals surface area contributed by atoms with Crippen LogP contribution in [-0.4, -0.2) is 65.4 Å². The average molecular weight is 489 g/mol. The van der Waals surface area contributed by atoms with E-state index in [0.29, 0.717) is 31.8 Å². The molecule has 1 unspecified atom stereocenters. The molecule has 3 atom stereocenters. The Morgan fingerprint density at radius 2 is 1.89 bits per heavy atom. The Kier molecular flexibility index (Phi) is 5.79. The summed E-state index contributed by atoms with van der Waals surface area (Å²) in [6.07, 6.45) is 6.08. The molecule has 36 heavy (non-hydrogen) atoms. The molecule has 0 bridgehead atoms. The second-order valence-electron chi connectivity index (χ2n) is 10.5. The van der Waals surface area contributed by atoms with Crippen molar-refractivity contribution in [1.82, 2.24) is 19.8 Å². The first-order valence-corrected chi connectivity index (χ1v) is 13.0. The van der Waals surface area contributed by atoms with Crippen LogP contribution in [0.2, 0.25) is 0 Å². The maximum atomic E-state index is 15.3. The summed E-state index contributed by atoms with van der Waals surface area (Å²) in [5, 5.41) is 15.5. The van der Waals surface area contributed by atoms with Gasteiger partial charge in [-0.25, -0.2) is 8.91 Å². The molecule has 0 radical (unpaired) electrons. The van der Waals surface area contributed by atoms with Crippen LogP contribution in [0.5, 0.6) is 0 Å². The Labute approximate surface area is 210 Å². The van der Waals surface area contributed by atoms with Crippen LogP contribution in [-0.2, 0) is 10.5 Å². The lowest BCUT2D eigenvalue weighted by Gasteiger charge is -2.36. The summed E-state index contributed by atoms with van der Waals surface area (Å²) < 4.78 is 17.2. The lowest BCUT2D eigenvalue weighted by Crippen LogP contribution is -2.49. The highest BCUT2D eigenvalue weighted by molar-refractivity contribution is 5.93. The largest absolute Gasteiger partial charge is 0.366 e. The minimum absolute atomic E-state index is 0.0166. The van der Waals surface area contributed by atoms with Crippen molar-refractivity contribution in [3.63, 3.8) is 0 Å². The van der Waals surface area contributed by atoms with Crippen molar-refractivity contribution < 1.29 is 9.18 Å². The topological polar surface area (TPSA) is 76.7 Å². The number of piperazine rings is 1. The highest BCUT2D eigenvalue weighted by Crippen LogP contribution is 2.41. The number of halogens is 1. The van der Waals surface area contributed by atoms with Gasteiger partial charge in [-0.3, -0.25) is 4.79 Å². The number of nitrogens with zero attached hydrogens (tertiary/aromatic N) is 4. The number of anilines is 1. The van der Waals surface area contributed by atoms with Gasteiger partial charge >= 0.3 is 0 Å². The SMILES string of the molecule is CC(=N)[C@H]1C[C@@H]1C(=O)N1CCN(c2ccnn3cc(-c4ccc(C5(F)CCCNC5)cc4)cc23)CC1. The zero-order valence-electron chi connectivity index (χ0n) is 20.7. The third-order valence-corrected chi connectivity index (χ3v) is 8.15. The smallest absolute Gasteiger partial charge is 0.226 e. The van der Waals surface area contributed by atoms with Crippen LogP contribution in [0.4, 0.5) is 10.1 Å². The zero-order chi connectivity index (χ0) is 24.9. The number of hydrogen-bond donors (Lipinski definition) is 2. The predicted octanol–water partition coefficient (Wildman–Crippen LogP) is 3.87. The molecule has 1 aliphatic carbocycles. The Morgan fingerprint density at radius 1 is 1.11 bits per heavy atom. The summed E-state index contributed by atoms with van der Waals surface area (Å²) in [6.45, 7) is 6.00. The fourth-order valence-electron chi connectivity index (χ4n) is 5.85. The Morgan fingerprint density at radius 3 is 2.56 bits per heavy atom. The van der Waals surface area contributed by atoms with E-state index < -0.39 is 5.67 Å². The van der Waals surface area contributed by atoms with Crippen LogP contribution >= 0.6 is 0 Å². The summed E-state index contributed by atoms with van der Waals surface area (Å²) in [6, 6.07) is 12.0. The maximum Gasteiger partial charge on any atom is 0.226 e. The van der Waals surface area contributed by atoms with Crippen LogP contribution < -0.4 is 10.2 Å².